The van der Waals surface area contributed by atoms with Gasteiger partial charge >= 0.3 is 0 Å². The normalized spacial score (nSPS) is 29.1. The molecule has 0 aromatic carbocycles. The average molecular weight is 270 g/mol. The highest BCUT2D eigenvalue weighted by Crippen LogP contribution is 2.28. The Morgan fingerprint density at radius 1 is 1.47 bits per heavy atom. The number of nitrogens with two attached hydrogens (primary N) is 2. The second kappa shape index (κ2) is 7.85. The SMILES string of the molecule is CCCCC(CC)COC1CCCC(N)(C(N)=O)C1. The van der Waals surface area contributed by atoms with E-state index < -0.39 is 5.54 Å². The molecular weight excluding hydrogens is 240 g/mol. The van der Waals surface area contributed by atoms with Crippen LogP contribution in [0.5, 0.6) is 0 Å². The van der Waals surface area contributed by atoms with Crippen LogP contribution in [0.3, 0.4) is 0 Å². The summed E-state index contributed by atoms with van der Waals surface area (Å²) in [4.78, 5) is 11.4. The van der Waals surface area contributed by atoms with E-state index >= 15 is 0 Å². The second-order valence-electron chi connectivity index (χ2n) is 5.99. The van der Waals surface area contributed by atoms with Gasteiger partial charge in [0.2, 0.25) is 5.91 Å². The van der Waals surface area contributed by atoms with Crippen LogP contribution < -0.4 is 11.5 Å². The molecule has 1 aliphatic rings. The standard InChI is InChI=1S/C15H30N2O2/c1-3-5-7-12(4-2)11-19-13-8-6-9-15(17,10-13)14(16)18/h12-13H,3-11,17H2,1-2H3,(H2,16,18). The number of hydrogen-bond acceptors (Lipinski definition) is 3. The lowest BCUT2D eigenvalue weighted by molar-refractivity contribution is -0.126. The maximum absolute atomic E-state index is 11.4. The first kappa shape index (κ1) is 16.4. The molecule has 0 aromatic heterocycles. The van der Waals surface area contributed by atoms with Crippen LogP contribution in [0.4, 0.5) is 0 Å². The predicted molar refractivity (Wildman–Crippen MR) is 77.6 cm³/mol. The minimum absolute atomic E-state index is 0.0990. The topological polar surface area (TPSA) is 78.3 Å². The third kappa shape index (κ3) is 5.11. The van der Waals surface area contributed by atoms with Crippen LogP contribution in [0.1, 0.15) is 65.2 Å². The Balaban J connectivity index is 2.38. The summed E-state index contributed by atoms with van der Waals surface area (Å²) in [7, 11) is 0. The maximum Gasteiger partial charge on any atom is 0.237 e. The Morgan fingerprint density at radius 3 is 2.79 bits per heavy atom. The van der Waals surface area contributed by atoms with Gasteiger partial charge in [0.15, 0.2) is 0 Å². The molecule has 1 fully saturated rings. The molecule has 4 nitrogen and oxygen atoms in total. The van der Waals surface area contributed by atoms with Crippen LogP contribution in [0.2, 0.25) is 0 Å². The molecule has 4 N–H and O–H groups in total. The van der Waals surface area contributed by atoms with E-state index in [1.807, 2.05) is 0 Å². The minimum atomic E-state index is -0.853. The fourth-order valence-corrected chi connectivity index (χ4v) is 2.79. The van der Waals surface area contributed by atoms with Gasteiger partial charge in [-0.1, -0.05) is 33.1 Å². The van der Waals surface area contributed by atoms with Crippen LogP contribution in [-0.2, 0) is 9.53 Å². The number of unbranched alkanes of at least 4 members (excludes halogenated alkanes) is 1. The van der Waals surface area contributed by atoms with E-state index in [0.717, 1.165) is 25.9 Å². The lowest BCUT2D eigenvalue weighted by atomic mass is 9.80. The molecule has 0 aromatic rings. The number of amides is 1. The smallest absolute Gasteiger partial charge is 0.237 e. The molecule has 1 amide bonds. The number of carbonyl (C=O) groups excluding carboxylic acids is 1. The van der Waals surface area contributed by atoms with E-state index in [9.17, 15) is 4.79 Å². The van der Waals surface area contributed by atoms with Crippen molar-refractivity contribution in [1.29, 1.82) is 0 Å². The highest BCUT2D eigenvalue weighted by atomic mass is 16.5. The Bertz CT molecular complexity index is 283. The molecule has 1 saturated carbocycles. The van der Waals surface area contributed by atoms with Crippen molar-refractivity contribution in [3.63, 3.8) is 0 Å². The van der Waals surface area contributed by atoms with Crippen molar-refractivity contribution in [2.75, 3.05) is 6.61 Å². The summed E-state index contributed by atoms with van der Waals surface area (Å²) in [6.45, 7) is 5.21. The summed E-state index contributed by atoms with van der Waals surface area (Å²) in [5.41, 5.74) is 10.6. The second-order valence-corrected chi connectivity index (χ2v) is 5.99. The first-order valence-electron chi connectivity index (χ1n) is 7.72. The summed E-state index contributed by atoms with van der Waals surface area (Å²) < 4.78 is 5.99. The highest BCUT2D eigenvalue weighted by molar-refractivity contribution is 5.84. The first-order chi connectivity index (χ1) is 9.01. The molecule has 112 valence electrons. The van der Waals surface area contributed by atoms with Crippen molar-refractivity contribution < 1.29 is 9.53 Å². The number of primary amides is 1. The zero-order valence-electron chi connectivity index (χ0n) is 12.5. The third-order valence-corrected chi connectivity index (χ3v) is 4.34. The van der Waals surface area contributed by atoms with E-state index in [-0.39, 0.29) is 12.0 Å². The quantitative estimate of drug-likeness (QED) is 0.710. The average Bonchev–Trinajstić information content (AvgIpc) is 2.39. The molecule has 0 heterocycles. The fraction of sp³-hybridized carbons (Fsp3) is 0.933. The lowest BCUT2D eigenvalue weighted by Gasteiger charge is -2.35. The van der Waals surface area contributed by atoms with Crippen LogP contribution in [0.15, 0.2) is 0 Å². The lowest BCUT2D eigenvalue weighted by Crippen LogP contribution is -2.56. The number of carbonyl (C=O) groups is 1. The summed E-state index contributed by atoms with van der Waals surface area (Å²) >= 11 is 0. The Morgan fingerprint density at radius 2 is 2.21 bits per heavy atom. The van der Waals surface area contributed by atoms with Crippen molar-refractivity contribution in [3.8, 4) is 0 Å². The van der Waals surface area contributed by atoms with Gasteiger partial charge in [-0.3, -0.25) is 4.79 Å². The number of rotatable bonds is 8. The van der Waals surface area contributed by atoms with Gasteiger partial charge in [0, 0.05) is 13.0 Å². The third-order valence-electron chi connectivity index (χ3n) is 4.34. The Hall–Kier alpha value is -0.610. The van der Waals surface area contributed by atoms with E-state index in [0.29, 0.717) is 18.8 Å². The van der Waals surface area contributed by atoms with E-state index in [4.69, 9.17) is 16.2 Å². The predicted octanol–water partition coefficient (Wildman–Crippen LogP) is 2.34. The van der Waals surface area contributed by atoms with Crippen molar-refractivity contribution in [2.45, 2.75) is 76.9 Å². The number of hydrogen-bond donors (Lipinski definition) is 2. The van der Waals surface area contributed by atoms with Crippen LogP contribution in [0.25, 0.3) is 0 Å². The van der Waals surface area contributed by atoms with Crippen molar-refractivity contribution >= 4 is 5.91 Å². The molecule has 3 unspecified atom stereocenters. The molecule has 19 heavy (non-hydrogen) atoms. The highest BCUT2D eigenvalue weighted by Gasteiger charge is 2.38. The van der Waals surface area contributed by atoms with Gasteiger partial charge in [-0.25, -0.2) is 0 Å². The first-order valence-corrected chi connectivity index (χ1v) is 7.72. The van der Waals surface area contributed by atoms with Gasteiger partial charge in [0.05, 0.1) is 11.6 Å². The molecule has 1 aliphatic carbocycles. The molecule has 0 radical (unpaired) electrons. The molecule has 0 bridgehead atoms. The van der Waals surface area contributed by atoms with Gasteiger partial charge < -0.3 is 16.2 Å². The van der Waals surface area contributed by atoms with Crippen LogP contribution in [-0.4, -0.2) is 24.2 Å². The molecule has 1 rings (SSSR count). The monoisotopic (exact) mass is 270 g/mol. The largest absolute Gasteiger partial charge is 0.378 e. The van der Waals surface area contributed by atoms with Crippen LogP contribution >= 0.6 is 0 Å². The van der Waals surface area contributed by atoms with E-state index in [1.54, 1.807) is 0 Å². The summed E-state index contributed by atoms with van der Waals surface area (Å²) in [6.07, 6.45) is 8.15. The molecule has 0 spiro atoms. The molecule has 0 aliphatic heterocycles. The molecule has 0 saturated heterocycles. The fourth-order valence-electron chi connectivity index (χ4n) is 2.79. The Kier molecular flexibility index (Phi) is 6.80. The van der Waals surface area contributed by atoms with Gasteiger partial charge in [0.1, 0.15) is 0 Å². The minimum Gasteiger partial charge on any atom is -0.378 e. The molecule has 4 heteroatoms. The van der Waals surface area contributed by atoms with Gasteiger partial charge in [-0.15, -0.1) is 0 Å². The van der Waals surface area contributed by atoms with Crippen molar-refractivity contribution in [1.82, 2.24) is 0 Å². The number of ether oxygens (including phenoxy) is 1. The molecular formula is C15H30N2O2. The van der Waals surface area contributed by atoms with Gasteiger partial charge in [-0.05, 0) is 31.6 Å². The van der Waals surface area contributed by atoms with Crippen LogP contribution in [0, 0.1) is 5.92 Å². The summed E-state index contributed by atoms with van der Waals surface area (Å²) in [6, 6.07) is 0. The molecule has 3 atom stereocenters. The zero-order valence-corrected chi connectivity index (χ0v) is 12.5. The summed E-state index contributed by atoms with van der Waals surface area (Å²) in [5, 5.41) is 0. The van der Waals surface area contributed by atoms with Gasteiger partial charge in [0.25, 0.3) is 0 Å². The Labute approximate surface area is 117 Å². The van der Waals surface area contributed by atoms with Gasteiger partial charge in [-0.2, -0.15) is 0 Å². The summed E-state index contributed by atoms with van der Waals surface area (Å²) in [5.74, 6) is 0.237. The van der Waals surface area contributed by atoms with Crippen molar-refractivity contribution in [2.24, 2.45) is 17.4 Å². The maximum atomic E-state index is 11.4. The zero-order chi connectivity index (χ0) is 14.3. The van der Waals surface area contributed by atoms with E-state index in [2.05, 4.69) is 13.8 Å². The van der Waals surface area contributed by atoms with E-state index in [1.165, 1.54) is 19.3 Å². The van der Waals surface area contributed by atoms with Crippen molar-refractivity contribution in [3.05, 3.63) is 0 Å².